The predicted molar refractivity (Wildman–Crippen MR) is 77.8 cm³/mol. The molecule has 0 saturated carbocycles. The quantitative estimate of drug-likeness (QED) is 0.869. The second-order valence-electron chi connectivity index (χ2n) is 4.97. The first kappa shape index (κ1) is 14.6. The molecule has 1 aromatic rings. The lowest BCUT2D eigenvalue weighted by atomic mass is 9.99. The number of hydrogen-bond donors (Lipinski definition) is 1. The molecule has 2 rings (SSSR count). The van der Waals surface area contributed by atoms with E-state index in [1.807, 2.05) is 18.2 Å². The molecular weight excluding hydrogens is 262 g/mol. The highest BCUT2D eigenvalue weighted by molar-refractivity contribution is 6.32. The van der Waals surface area contributed by atoms with Crippen molar-refractivity contribution in [1.29, 1.82) is 0 Å². The van der Waals surface area contributed by atoms with E-state index >= 15 is 0 Å². The van der Waals surface area contributed by atoms with Crippen LogP contribution in [-0.4, -0.2) is 26.4 Å². The van der Waals surface area contributed by atoms with Gasteiger partial charge in [-0.1, -0.05) is 24.6 Å². The Morgan fingerprint density at radius 1 is 1.47 bits per heavy atom. The van der Waals surface area contributed by atoms with Crippen molar-refractivity contribution in [3.05, 3.63) is 28.8 Å². The molecule has 1 fully saturated rings. The highest BCUT2D eigenvalue weighted by atomic mass is 35.5. The first-order valence-corrected chi connectivity index (χ1v) is 7.27. The molecular formula is C15H22ClNO2. The molecule has 1 N–H and O–H groups in total. The van der Waals surface area contributed by atoms with Gasteiger partial charge in [0.25, 0.3) is 0 Å². The molecule has 2 atom stereocenters. The Labute approximate surface area is 120 Å². The van der Waals surface area contributed by atoms with Crippen LogP contribution in [0.5, 0.6) is 5.75 Å². The van der Waals surface area contributed by atoms with Gasteiger partial charge in [0.05, 0.1) is 18.2 Å². The zero-order valence-electron chi connectivity index (χ0n) is 11.6. The van der Waals surface area contributed by atoms with Crippen LogP contribution in [0.3, 0.4) is 0 Å². The van der Waals surface area contributed by atoms with Crippen LogP contribution in [-0.2, 0) is 11.3 Å². The van der Waals surface area contributed by atoms with Crippen molar-refractivity contribution in [2.75, 3.05) is 20.3 Å². The molecule has 0 aromatic heterocycles. The third-order valence-electron chi connectivity index (χ3n) is 3.70. The molecule has 106 valence electrons. The van der Waals surface area contributed by atoms with E-state index < -0.39 is 0 Å². The fourth-order valence-electron chi connectivity index (χ4n) is 2.60. The molecule has 1 aliphatic heterocycles. The van der Waals surface area contributed by atoms with Crippen LogP contribution in [0.1, 0.15) is 25.3 Å². The van der Waals surface area contributed by atoms with E-state index in [1.165, 1.54) is 5.56 Å². The Kier molecular flexibility index (Phi) is 5.49. The van der Waals surface area contributed by atoms with Gasteiger partial charge in [-0.25, -0.2) is 0 Å². The summed E-state index contributed by atoms with van der Waals surface area (Å²) in [6.45, 7) is 4.92. The summed E-state index contributed by atoms with van der Waals surface area (Å²) in [7, 11) is 1.63. The summed E-state index contributed by atoms with van der Waals surface area (Å²) < 4.78 is 10.8. The number of methoxy groups -OCH3 is 1. The fraction of sp³-hybridized carbons (Fsp3) is 0.600. The van der Waals surface area contributed by atoms with E-state index in [-0.39, 0.29) is 0 Å². The van der Waals surface area contributed by atoms with Crippen molar-refractivity contribution < 1.29 is 9.47 Å². The molecule has 1 aliphatic rings. The van der Waals surface area contributed by atoms with Crippen molar-refractivity contribution in [3.63, 3.8) is 0 Å². The van der Waals surface area contributed by atoms with E-state index in [9.17, 15) is 0 Å². The molecule has 4 heteroatoms. The second-order valence-corrected chi connectivity index (χ2v) is 5.37. The van der Waals surface area contributed by atoms with E-state index in [2.05, 4.69) is 12.2 Å². The van der Waals surface area contributed by atoms with Crippen molar-refractivity contribution in [2.24, 2.45) is 5.92 Å². The number of halogens is 1. The van der Waals surface area contributed by atoms with E-state index in [4.69, 9.17) is 21.1 Å². The van der Waals surface area contributed by atoms with Gasteiger partial charge in [0.2, 0.25) is 0 Å². The number of benzene rings is 1. The fourth-order valence-corrected chi connectivity index (χ4v) is 2.88. The van der Waals surface area contributed by atoms with Crippen LogP contribution >= 0.6 is 11.6 Å². The number of ether oxygens (including phenoxy) is 2. The van der Waals surface area contributed by atoms with Crippen LogP contribution in [0.2, 0.25) is 5.02 Å². The van der Waals surface area contributed by atoms with Crippen LogP contribution in [0.15, 0.2) is 18.2 Å². The number of hydrogen-bond acceptors (Lipinski definition) is 3. The average molecular weight is 284 g/mol. The molecule has 1 aromatic carbocycles. The summed E-state index contributed by atoms with van der Waals surface area (Å²) in [6.07, 6.45) is 2.68. The molecule has 19 heavy (non-hydrogen) atoms. The molecule has 0 spiro atoms. The maximum Gasteiger partial charge on any atom is 0.137 e. The Bertz CT molecular complexity index is 411. The molecule has 0 amide bonds. The SMILES string of the molecule is CCC1OCCC1CNCc1ccc(OC)c(Cl)c1. The van der Waals surface area contributed by atoms with Crippen molar-refractivity contribution in [3.8, 4) is 5.75 Å². The maximum atomic E-state index is 6.11. The lowest BCUT2D eigenvalue weighted by Crippen LogP contribution is -2.27. The average Bonchev–Trinajstić information content (AvgIpc) is 2.86. The predicted octanol–water partition coefficient (Wildman–Crippen LogP) is 3.25. The first-order chi connectivity index (χ1) is 9.24. The van der Waals surface area contributed by atoms with E-state index in [0.717, 1.165) is 38.3 Å². The first-order valence-electron chi connectivity index (χ1n) is 6.89. The summed E-state index contributed by atoms with van der Waals surface area (Å²) in [4.78, 5) is 0. The summed E-state index contributed by atoms with van der Waals surface area (Å²) in [5.41, 5.74) is 1.18. The van der Waals surface area contributed by atoms with Gasteiger partial charge in [-0.3, -0.25) is 0 Å². The number of rotatable bonds is 6. The normalized spacial score (nSPS) is 22.7. The van der Waals surface area contributed by atoms with Crippen LogP contribution in [0.4, 0.5) is 0 Å². The number of nitrogens with one attached hydrogen (secondary N) is 1. The molecule has 3 nitrogen and oxygen atoms in total. The van der Waals surface area contributed by atoms with Crippen molar-refractivity contribution in [2.45, 2.75) is 32.4 Å². The third-order valence-corrected chi connectivity index (χ3v) is 4.00. The molecule has 0 radical (unpaired) electrons. The largest absolute Gasteiger partial charge is 0.495 e. The van der Waals surface area contributed by atoms with Crippen LogP contribution in [0, 0.1) is 5.92 Å². The summed E-state index contributed by atoms with van der Waals surface area (Å²) in [5.74, 6) is 1.36. The smallest absolute Gasteiger partial charge is 0.137 e. The summed E-state index contributed by atoms with van der Waals surface area (Å²) >= 11 is 6.11. The van der Waals surface area contributed by atoms with Gasteiger partial charge in [0.15, 0.2) is 0 Å². The van der Waals surface area contributed by atoms with Crippen LogP contribution in [0.25, 0.3) is 0 Å². The van der Waals surface area contributed by atoms with Gasteiger partial charge in [-0.05, 0) is 36.5 Å². The second kappa shape index (κ2) is 7.13. The summed E-state index contributed by atoms with van der Waals surface area (Å²) in [5, 5.41) is 4.16. The zero-order chi connectivity index (χ0) is 13.7. The maximum absolute atomic E-state index is 6.11. The minimum Gasteiger partial charge on any atom is -0.495 e. The minimum absolute atomic E-state index is 0.423. The highest BCUT2D eigenvalue weighted by Gasteiger charge is 2.25. The summed E-state index contributed by atoms with van der Waals surface area (Å²) in [6, 6.07) is 5.91. The van der Waals surface area contributed by atoms with Gasteiger partial charge < -0.3 is 14.8 Å². The molecule has 1 heterocycles. The van der Waals surface area contributed by atoms with Crippen molar-refractivity contribution in [1.82, 2.24) is 5.32 Å². The standard InChI is InChI=1S/C15H22ClNO2/c1-3-14-12(6-7-19-14)10-17-9-11-4-5-15(18-2)13(16)8-11/h4-5,8,12,14,17H,3,6-7,9-10H2,1-2H3. The van der Waals surface area contributed by atoms with Gasteiger partial charge in [0.1, 0.15) is 5.75 Å². The lowest BCUT2D eigenvalue weighted by molar-refractivity contribution is 0.0872. The lowest BCUT2D eigenvalue weighted by Gasteiger charge is -2.17. The Morgan fingerprint density at radius 2 is 2.32 bits per heavy atom. The Morgan fingerprint density at radius 3 is 3.00 bits per heavy atom. The third kappa shape index (κ3) is 3.85. The van der Waals surface area contributed by atoms with Gasteiger partial charge in [-0.2, -0.15) is 0 Å². The minimum atomic E-state index is 0.423. The van der Waals surface area contributed by atoms with E-state index in [1.54, 1.807) is 7.11 Å². The van der Waals surface area contributed by atoms with Gasteiger partial charge in [-0.15, -0.1) is 0 Å². The van der Waals surface area contributed by atoms with Crippen LogP contribution < -0.4 is 10.1 Å². The molecule has 1 saturated heterocycles. The zero-order valence-corrected chi connectivity index (χ0v) is 12.4. The highest BCUT2D eigenvalue weighted by Crippen LogP contribution is 2.25. The van der Waals surface area contributed by atoms with Gasteiger partial charge in [0, 0.05) is 19.7 Å². The van der Waals surface area contributed by atoms with E-state index in [0.29, 0.717) is 17.0 Å². The Balaban J connectivity index is 1.81. The molecule has 0 bridgehead atoms. The monoisotopic (exact) mass is 283 g/mol. The van der Waals surface area contributed by atoms with Crippen molar-refractivity contribution >= 4 is 11.6 Å². The van der Waals surface area contributed by atoms with Gasteiger partial charge >= 0.3 is 0 Å². The topological polar surface area (TPSA) is 30.5 Å². The molecule has 2 unspecified atom stereocenters. The Hall–Kier alpha value is -0.770. The molecule has 0 aliphatic carbocycles.